The fraction of sp³-hybridized carbons (Fsp3) is 0.948. The smallest absolute Gasteiger partial charge is 0.305 e. The molecule has 0 aliphatic rings. The van der Waals surface area contributed by atoms with E-state index in [4.69, 9.17) is 4.74 Å². The monoisotopic (exact) mass is 843 g/mol. The van der Waals surface area contributed by atoms with Gasteiger partial charge >= 0.3 is 5.97 Å². The molecule has 0 unspecified atom stereocenters. The third-order valence-electron chi connectivity index (χ3n) is 13.3. The van der Waals surface area contributed by atoms with Crippen molar-refractivity contribution in [2.75, 3.05) is 6.61 Å². The SMILES string of the molecule is CCCCCCCC/C=C\CCCCCCCC(=O)OCCCCCCCCCCCCCCCCCCCCCCCCCCCCCCCCCCCCCC(C)C. The Morgan fingerprint density at radius 3 is 0.883 bits per heavy atom. The van der Waals surface area contributed by atoms with E-state index in [-0.39, 0.29) is 5.97 Å². The summed E-state index contributed by atoms with van der Waals surface area (Å²) in [7, 11) is 0. The van der Waals surface area contributed by atoms with Crippen LogP contribution < -0.4 is 0 Å². The Balaban J connectivity index is 3.14. The van der Waals surface area contributed by atoms with Gasteiger partial charge in [-0.3, -0.25) is 4.79 Å². The number of allylic oxidation sites excluding steroid dienone is 2. The van der Waals surface area contributed by atoms with Gasteiger partial charge in [0.05, 0.1) is 6.61 Å². The first-order chi connectivity index (χ1) is 29.7. The van der Waals surface area contributed by atoms with Crippen molar-refractivity contribution in [2.45, 2.75) is 342 Å². The maximum atomic E-state index is 12.0. The molecular weight excluding hydrogens is 729 g/mol. The lowest BCUT2D eigenvalue weighted by Gasteiger charge is -2.06. The van der Waals surface area contributed by atoms with Crippen molar-refractivity contribution in [1.82, 2.24) is 0 Å². The maximum Gasteiger partial charge on any atom is 0.305 e. The van der Waals surface area contributed by atoms with Gasteiger partial charge in [0.15, 0.2) is 0 Å². The average Bonchev–Trinajstić information content (AvgIpc) is 3.24. The minimum absolute atomic E-state index is 0.0222. The Morgan fingerprint density at radius 2 is 0.583 bits per heavy atom. The predicted molar refractivity (Wildman–Crippen MR) is 271 cm³/mol. The van der Waals surface area contributed by atoms with Gasteiger partial charge in [0.2, 0.25) is 0 Å². The van der Waals surface area contributed by atoms with Crippen LogP contribution in [0.1, 0.15) is 342 Å². The Kier molecular flexibility index (Phi) is 53.6. The Hall–Kier alpha value is -0.790. The van der Waals surface area contributed by atoms with Gasteiger partial charge in [0.25, 0.3) is 0 Å². The van der Waals surface area contributed by atoms with Crippen LogP contribution in [0.5, 0.6) is 0 Å². The Morgan fingerprint density at radius 1 is 0.333 bits per heavy atom. The van der Waals surface area contributed by atoms with Crippen molar-refractivity contribution in [2.24, 2.45) is 5.92 Å². The number of rotatable bonds is 53. The Bertz CT molecular complexity index is 801. The van der Waals surface area contributed by atoms with Gasteiger partial charge in [-0.25, -0.2) is 0 Å². The minimum atomic E-state index is 0.0222. The first kappa shape index (κ1) is 59.2. The van der Waals surface area contributed by atoms with E-state index in [1.165, 1.54) is 295 Å². The summed E-state index contributed by atoms with van der Waals surface area (Å²) >= 11 is 0. The molecule has 2 nitrogen and oxygen atoms in total. The van der Waals surface area contributed by atoms with Crippen molar-refractivity contribution in [3.63, 3.8) is 0 Å². The highest BCUT2D eigenvalue weighted by atomic mass is 16.5. The predicted octanol–water partition coefficient (Wildman–Crippen LogP) is 21.3. The number of carbonyl (C=O) groups is 1. The molecule has 60 heavy (non-hydrogen) atoms. The molecule has 0 N–H and O–H groups in total. The molecule has 0 atom stereocenters. The van der Waals surface area contributed by atoms with Gasteiger partial charge in [-0.1, -0.05) is 309 Å². The van der Waals surface area contributed by atoms with Crippen molar-refractivity contribution in [1.29, 1.82) is 0 Å². The maximum absolute atomic E-state index is 12.0. The average molecular weight is 844 g/mol. The summed E-state index contributed by atoms with van der Waals surface area (Å²) in [6.45, 7) is 7.61. The highest BCUT2D eigenvalue weighted by Gasteiger charge is 2.03. The van der Waals surface area contributed by atoms with E-state index in [1.807, 2.05) is 0 Å². The minimum Gasteiger partial charge on any atom is -0.466 e. The molecular formula is C58H114O2. The summed E-state index contributed by atoms with van der Waals surface area (Å²) < 4.78 is 5.49. The molecule has 0 aromatic carbocycles. The molecule has 0 aromatic heterocycles. The van der Waals surface area contributed by atoms with Crippen molar-refractivity contribution in [3.05, 3.63) is 12.2 Å². The zero-order valence-corrected chi connectivity index (χ0v) is 42.1. The van der Waals surface area contributed by atoms with Gasteiger partial charge < -0.3 is 4.74 Å². The lowest BCUT2D eigenvalue weighted by Crippen LogP contribution is -2.05. The highest BCUT2D eigenvalue weighted by molar-refractivity contribution is 5.69. The first-order valence-corrected chi connectivity index (χ1v) is 28.5. The van der Waals surface area contributed by atoms with E-state index in [2.05, 4.69) is 32.9 Å². The molecule has 0 saturated heterocycles. The lowest BCUT2D eigenvalue weighted by atomic mass is 10.0. The third kappa shape index (κ3) is 55.2. The molecule has 0 rings (SSSR count). The fourth-order valence-corrected chi connectivity index (χ4v) is 9.09. The molecule has 0 aromatic rings. The number of esters is 1. The molecule has 0 aliphatic carbocycles. The molecule has 358 valence electrons. The van der Waals surface area contributed by atoms with Crippen molar-refractivity contribution < 1.29 is 9.53 Å². The third-order valence-corrected chi connectivity index (χ3v) is 13.3. The van der Waals surface area contributed by atoms with Crippen LogP contribution in [0.3, 0.4) is 0 Å². The van der Waals surface area contributed by atoms with Crippen LogP contribution in [0, 0.1) is 5.92 Å². The number of hydrogen-bond donors (Lipinski definition) is 0. The normalized spacial score (nSPS) is 11.8. The number of ether oxygens (including phenoxy) is 1. The van der Waals surface area contributed by atoms with E-state index in [0.29, 0.717) is 13.0 Å². The molecule has 0 fully saturated rings. The zero-order chi connectivity index (χ0) is 43.3. The number of carbonyl (C=O) groups excluding carboxylic acids is 1. The van der Waals surface area contributed by atoms with Crippen LogP contribution in [0.4, 0.5) is 0 Å². The molecule has 2 heteroatoms. The largest absolute Gasteiger partial charge is 0.466 e. The molecule has 0 radical (unpaired) electrons. The molecule has 0 heterocycles. The van der Waals surface area contributed by atoms with Crippen LogP contribution in [-0.4, -0.2) is 12.6 Å². The van der Waals surface area contributed by atoms with Crippen LogP contribution in [0.25, 0.3) is 0 Å². The lowest BCUT2D eigenvalue weighted by molar-refractivity contribution is -0.143. The Labute approximate surface area is 380 Å². The first-order valence-electron chi connectivity index (χ1n) is 28.5. The summed E-state index contributed by atoms with van der Waals surface area (Å²) in [6.07, 6.45) is 74.0. The summed E-state index contributed by atoms with van der Waals surface area (Å²) in [5.41, 5.74) is 0. The van der Waals surface area contributed by atoms with Crippen molar-refractivity contribution in [3.8, 4) is 0 Å². The van der Waals surface area contributed by atoms with E-state index in [9.17, 15) is 4.79 Å². The van der Waals surface area contributed by atoms with Gasteiger partial charge in [-0.05, 0) is 44.4 Å². The van der Waals surface area contributed by atoms with Gasteiger partial charge in [0.1, 0.15) is 0 Å². The van der Waals surface area contributed by atoms with Crippen LogP contribution >= 0.6 is 0 Å². The summed E-state index contributed by atoms with van der Waals surface area (Å²) in [5, 5.41) is 0. The van der Waals surface area contributed by atoms with Gasteiger partial charge in [0, 0.05) is 6.42 Å². The molecule has 0 amide bonds. The number of unbranched alkanes of at least 4 members (excludes halogenated alkanes) is 45. The van der Waals surface area contributed by atoms with E-state index >= 15 is 0 Å². The summed E-state index contributed by atoms with van der Waals surface area (Å²) in [4.78, 5) is 12.0. The molecule has 0 saturated carbocycles. The molecule has 0 aliphatic heterocycles. The van der Waals surface area contributed by atoms with E-state index < -0.39 is 0 Å². The molecule has 0 bridgehead atoms. The second-order valence-corrected chi connectivity index (χ2v) is 20.1. The van der Waals surface area contributed by atoms with E-state index in [0.717, 1.165) is 25.2 Å². The molecule has 0 spiro atoms. The second kappa shape index (κ2) is 54.3. The number of hydrogen-bond acceptors (Lipinski definition) is 2. The van der Waals surface area contributed by atoms with Crippen molar-refractivity contribution >= 4 is 5.97 Å². The second-order valence-electron chi connectivity index (χ2n) is 20.1. The quantitative estimate of drug-likeness (QED) is 0.0346. The zero-order valence-electron chi connectivity index (χ0n) is 42.1. The van der Waals surface area contributed by atoms with Gasteiger partial charge in [-0.2, -0.15) is 0 Å². The topological polar surface area (TPSA) is 26.3 Å². The summed E-state index contributed by atoms with van der Waals surface area (Å²) in [5.74, 6) is 0.912. The standard InChI is InChI=1S/C58H114O2/c1-4-5-6-7-8-9-10-11-33-37-40-43-46-49-52-55-58(59)60-56-53-50-47-44-41-38-35-32-30-28-26-24-22-20-18-16-14-12-13-15-17-19-21-23-25-27-29-31-34-36-39-42-45-48-51-54-57(2)3/h11,33,57H,4-10,12-32,34-56H2,1-3H3/b33-11-. The highest BCUT2D eigenvalue weighted by Crippen LogP contribution is 2.18. The van der Waals surface area contributed by atoms with E-state index in [1.54, 1.807) is 0 Å². The van der Waals surface area contributed by atoms with Crippen LogP contribution in [0.2, 0.25) is 0 Å². The summed E-state index contributed by atoms with van der Waals surface area (Å²) in [6, 6.07) is 0. The van der Waals surface area contributed by atoms with Gasteiger partial charge in [-0.15, -0.1) is 0 Å². The van der Waals surface area contributed by atoms with Crippen LogP contribution in [0.15, 0.2) is 12.2 Å². The fourth-order valence-electron chi connectivity index (χ4n) is 9.09. The van der Waals surface area contributed by atoms with Crippen LogP contribution in [-0.2, 0) is 9.53 Å².